The van der Waals surface area contributed by atoms with Crippen molar-refractivity contribution in [2.24, 2.45) is 0 Å². The third-order valence-electron chi connectivity index (χ3n) is 1.60. The average molecular weight is 251 g/mol. The second-order valence-electron chi connectivity index (χ2n) is 2.96. The Bertz CT molecular complexity index is 541. The summed E-state index contributed by atoms with van der Waals surface area (Å²) >= 11 is 0. The van der Waals surface area contributed by atoms with E-state index in [1.165, 1.54) is 0 Å². The molecule has 0 aliphatic carbocycles. The molecule has 0 amide bonds. The molecule has 0 fully saturated rings. The Morgan fingerprint density at radius 3 is 2.38 bits per heavy atom. The second-order valence-corrected chi connectivity index (χ2v) is 4.71. The van der Waals surface area contributed by atoms with Crippen LogP contribution in [0.25, 0.3) is 0 Å². The first kappa shape index (κ1) is 12.4. The van der Waals surface area contributed by atoms with E-state index >= 15 is 0 Å². The summed E-state index contributed by atoms with van der Waals surface area (Å²) in [5.41, 5.74) is -1.81. The molecule has 0 radical (unpaired) electrons. The molecule has 1 rings (SSSR count). The molecular weight excluding hydrogens is 244 g/mol. The first-order valence-corrected chi connectivity index (χ1v) is 5.80. The Hall–Kier alpha value is -1.70. The van der Waals surface area contributed by atoms with Gasteiger partial charge in [-0.25, -0.2) is 22.0 Å². The molecule has 0 atom stereocenters. The topological polar surface area (TPSA) is 83.5 Å². The van der Waals surface area contributed by atoms with Crippen LogP contribution in [-0.2, 0) is 10.0 Å². The van der Waals surface area contributed by atoms with Crippen molar-refractivity contribution in [1.82, 2.24) is 0 Å². The van der Waals surface area contributed by atoms with E-state index in [1.807, 2.05) is 0 Å². The first-order valence-electron chi connectivity index (χ1n) is 3.91. The van der Waals surface area contributed by atoms with Crippen LogP contribution in [0.15, 0.2) is 12.1 Å². The molecule has 0 aliphatic rings. The van der Waals surface area contributed by atoms with Crippen LogP contribution in [0.4, 0.5) is 14.5 Å². The lowest BCUT2D eigenvalue weighted by Gasteiger charge is -2.07. The fraction of sp³-hybridized carbons (Fsp3) is 0.125. The van der Waals surface area contributed by atoms with Gasteiger partial charge in [-0.1, -0.05) is 0 Å². The van der Waals surface area contributed by atoms with Crippen molar-refractivity contribution in [2.75, 3.05) is 11.0 Å². The maximum Gasteiger partial charge on any atom is 0.341 e. The van der Waals surface area contributed by atoms with E-state index in [0.717, 1.165) is 12.3 Å². The summed E-state index contributed by atoms with van der Waals surface area (Å²) in [4.78, 5) is 10.5. The Balaban J connectivity index is 3.35. The number of rotatable bonds is 3. The number of anilines is 1. The average Bonchev–Trinajstić information content (AvgIpc) is 2.07. The minimum atomic E-state index is -3.76. The zero-order valence-corrected chi connectivity index (χ0v) is 8.81. The molecule has 8 heteroatoms. The van der Waals surface area contributed by atoms with Crippen molar-refractivity contribution in [3.63, 3.8) is 0 Å². The van der Waals surface area contributed by atoms with Crippen molar-refractivity contribution in [3.8, 4) is 0 Å². The zero-order chi connectivity index (χ0) is 12.5. The van der Waals surface area contributed by atoms with E-state index in [4.69, 9.17) is 5.11 Å². The highest BCUT2D eigenvalue weighted by molar-refractivity contribution is 7.92. The van der Waals surface area contributed by atoms with Gasteiger partial charge < -0.3 is 5.11 Å². The largest absolute Gasteiger partial charge is 0.477 e. The number of nitrogens with one attached hydrogen (secondary N) is 1. The van der Waals surface area contributed by atoms with Crippen molar-refractivity contribution in [2.45, 2.75) is 0 Å². The van der Waals surface area contributed by atoms with Crippen molar-refractivity contribution in [1.29, 1.82) is 0 Å². The standard InChI is InChI=1S/C8H7F2NO4S/c1-16(14,15)11-5-3-2-4(9)6(7(5)10)8(12)13/h2-3,11H,1H3,(H,12,13). The lowest BCUT2D eigenvalue weighted by Crippen LogP contribution is -2.14. The summed E-state index contributed by atoms with van der Waals surface area (Å²) in [6, 6.07) is 1.47. The molecule has 0 spiro atoms. The fourth-order valence-corrected chi connectivity index (χ4v) is 1.58. The number of halogens is 2. The molecule has 0 heterocycles. The molecule has 0 saturated carbocycles. The third-order valence-corrected chi connectivity index (χ3v) is 2.19. The maximum atomic E-state index is 13.4. The number of hydrogen-bond acceptors (Lipinski definition) is 3. The molecule has 1 aromatic rings. The van der Waals surface area contributed by atoms with E-state index in [0.29, 0.717) is 6.07 Å². The van der Waals surface area contributed by atoms with Crippen molar-refractivity contribution in [3.05, 3.63) is 29.3 Å². The Morgan fingerprint density at radius 1 is 1.38 bits per heavy atom. The molecule has 5 nitrogen and oxygen atoms in total. The molecular formula is C8H7F2NO4S. The number of benzene rings is 1. The first-order chi connectivity index (χ1) is 7.22. The zero-order valence-electron chi connectivity index (χ0n) is 7.99. The number of carboxylic acids is 1. The molecule has 0 aliphatic heterocycles. The van der Waals surface area contributed by atoms with Crippen LogP contribution in [0.2, 0.25) is 0 Å². The van der Waals surface area contributed by atoms with Crippen LogP contribution in [-0.4, -0.2) is 25.7 Å². The predicted octanol–water partition coefficient (Wildman–Crippen LogP) is 1.03. The third kappa shape index (κ3) is 2.66. The monoisotopic (exact) mass is 251 g/mol. The van der Waals surface area contributed by atoms with Gasteiger partial charge in [0, 0.05) is 0 Å². The van der Waals surface area contributed by atoms with Crippen LogP contribution in [0.3, 0.4) is 0 Å². The van der Waals surface area contributed by atoms with E-state index in [1.54, 1.807) is 4.72 Å². The van der Waals surface area contributed by atoms with Gasteiger partial charge in [-0.3, -0.25) is 4.72 Å². The quantitative estimate of drug-likeness (QED) is 0.840. The summed E-state index contributed by atoms with van der Waals surface area (Å²) in [5.74, 6) is -4.55. The predicted molar refractivity (Wildman–Crippen MR) is 51.8 cm³/mol. The highest BCUT2D eigenvalue weighted by Crippen LogP contribution is 2.21. The van der Waals surface area contributed by atoms with Crippen LogP contribution < -0.4 is 4.72 Å². The summed E-state index contributed by atoms with van der Waals surface area (Å²) in [6.07, 6.45) is 0.760. The van der Waals surface area contributed by atoms with Crippen LogP contribution in [0.5, 0.6) is 0 Å². The van der Waals surface area contributed by atoms with Gasteiger partial charge >= 0.3 is 5.97 Å². The second kappa shape index (κ2) is 4.05. The Kier molecular flexibility index (Phi) is 3.13. The Morgan fingerprint density at radius 2 is 1.94 bits per heavy atom. The Labute approximate surface area is 89.8 Å². The molecule has 0 bridgehead atoms. The minimum Gasteiger partial charge on any atom is -0.477 e. The van der Waals surface area contributed by atoms with Crippen LogP contribution in [0, 0.1) is 11.6 Å². The van der Waals surface area contributed by atoms with Crippen LogP contribution in [0.1, 0.15) is 10.4 Å². The highest BCUT2D eigenvalue weighted by atomic mass is 32.2. The smallest absolute Gasteiger partial charge is 0.341 e. The van der Waals surface area contributed by atoms with Gasteiger partial charge in [0.15, 0.2) is 5.82 Å². The molecule has 1 aromatic carbocycles. The number of hydrogen-bond donors (Lipinski definition) is 2. The summed E-state index contributed by atoms with van der Waals surface area (Å²) in [5, 5.41) is 8.51. The summed E-state index contributed by atoms with van der Waals surface area (Å²) in [6.45, 7) is 0. The minimum absolute atomic E-state index is 0.610. The molecule has 2 N–H and O–H groups in total. The highest BCUT2D eigenvalue weighted by Gasteiger charge is 2.20. The lowest BCUT2D eigenvalue weighted by atomic mass is 10.2. The van der Waals surface area contributed by atoms with Gasteiger partial charge in [0.25, 0.3) is 0 Å². The molecule has 0 saturated heterocycles. The normalized spacial score (nSPS) is 11.2. The van der Waals surface area contributed by atoms with Crippen molar-refractivity contribution < 1.29 is 27.1 Å². The van der Waals surface area contributed by atoms with E-state index in [-0.39, 0.29) is 0 Å². The number of carboxylic acid groups (broad SMARTS) is 1. The molecule has 88 valence electrons. The van der Waals surface area contributed by atoms with E-state index in [9.17, 15) is 22.0 Å². The SMILES string of the molecule is CS(=O)(=O)Nc1ccc(F)c(C(=O)O)c1F. The van der Waals surface area contributed by atoms with Crippen molar-refractivity contribution >= 4 is 21.7 Å². The fourth-order valence-electron chi connectivity index (χ4n) is 1.03. The van der Waals surface area contributed by atoms with E-state index < -0.39 is 38.9 Å². The van der Waals surface area contributed by atoms with Gasteiger partial charge in [0.05, 0.1) is 11.9 Å². The number of sulfonamides is 1. The lowest BCUT2D eigenvalue weighted by molar-refractivity contribution is 0.0686. The van der Waals surface area contributed by atoms with Gasteiger partial charge in [-0.2, -0.15) is 0 Å². The van der Waals surface area contributed by atoms with Gasteiger partial charge in [0.1, 0.15) is 11.4 Å². The molecule has 16 heavy (non-hydrogen) atoms. The molecule has 0 unspecified atom stereocenters. The van der Waals surface area contributed by atoms with Crippen LogP contribution >= 0.6 is 0 Å². The number of aromatic carboxylic acids is 1. The molecule has 0 aromatic heterocycles. The van der Waals surface area contributed by atoms with Gasteiger partial charge in [-0.15, -0.1) is 0 Å². The summed E-state index contributed by atoms with van der Waals surface area (Å²) < 4.78 is 49.6. The van der Waals surface area contributed by atoms with Gasteiger partial charge in [-0.05, 0) is 12.1 Å². The number of carbonyl (C=O) groups is 1. The van der Waals surface area contributed by atoms with Gasteiger partial charge in [0.2, 0.25) is 10.0 Å². The maximum absolute atomic E-state index is 13.4. The summed E-state index contributed by atoms with van der Waals surface area (Å²) in [7, 11) is -3.76. The van der Waals surface area contributed by atoms with E-state index in [2.05, 4.69) is 0 Å².